The van der Waals surface area contributed by atoms with E-state index in [1.54, 1.807) is 42.7 Å². The maximum Gasteiger partial charge on any atom is 0.255 e. The van der Waals surface area contributed by atoms with Gasteiger partial charge in [0.1, 0.15) is 0 Å². The molecule has 0 atom stereocenters. The first-order valence-corrected chi connectivity index (χ1v) is 11.8. The highest BCUT2D eigenvalue weighted by Crippen LogP contribution is 2.28. The average molecular weight is 512 g/mol. The van der Waals surface area contributed by atoms with E-state index in [9.17, 15) is 13.2 Å². The number of hydrogen-bond acceptors (Lipinski definition) is 5. The summed E-state index contributed by atoms with van der Waals surface area (Å²) in [4.78, 5) is 16.4. The Morgan fingerprint density at radius 3 is 2.34 bits per heavy atom. The van der Waals surface area contributed by atoms with Crippen LogP contribution in [0.4, 0.5) is 0 Å². The molecule has 0 saturated heterocycles. The predicted octanol–water partition coefficient (Wildman–Crippen LogP) is 4.38. The third kappa shape index (κ3) is 6.27. The van der Waals surface area contributed by atoms with Gasteiger partial charge in [-0.25, -0.2) is 13.8 Å². The molecule has 0 aliphatic carbocycles. The molecule has 1 N–H and O–H groups in total. The van der Waals surface area contributed by atoms with Gasteiger partial charge in [0.25, 0.3) is 5.91 Å². The number of amides is 1. The molecule has 3 rings (SSSR count). The van der Waals surface area contributed by atoms with Crippen molar-refractivity contribution in [2.24, 2.45) is 5.10 Å². The highest BCUT2D eigenvalue weighted by Gasteiger charge is 2.28. The van der Waals surface area contributed by atoms with Crippen molar-refractivity contribution in [1.82, 2.24) is 14.7 Å². The van der Waals surface area contributed by atoms with Crippen LogP contribution >= 0.6 is 34.8 Å². The third-order valence-corrected chi connectivity index (χ3v) is 7.02. The normalized spacial score (nSPS) is 11.8. The van der Waals surface area contributed by atoms with Crippen molar-refractivity contribution < 1.29 is 13.2 Å². The van der Waals surface area contributed by atoms with Gasteiger partial charge in [0.2, 0.25) is 10.0 Å². The summed E-state index contributed by atoms with van der Waals surface area (Å²) in [5, 5.41) is 4.79. The quantitative estimate of drug-likeness (QED) is 0.359. The van der Waals surface area contributed by atoms with Crippen LogP contribution in [0.25, 0.3) is 0 Å². The van der Waals surface area contributed by atoms with Crippen LogP contribution in [0.3, 0.4) is 0 Å². The molecule has 32 heavy (non-hydrogen) atoms. The summed E-state index contributed by atoms with van der Waals surface area (Å²) in [7, 11) is -4.09. The predicted molar refractivity (Wildman–Crippen MR) is 125 cm³/mol. The van der Waals surface area contributed by atoms with E-state index < -0.39 is 22.5 Å². The van der Waals surface area contributed by atoms with Crippen LogP contribution in [0.15, 0.2) is 77.0 Å². The Bertz CT molecular complexity index is 1200. The number of hydrogen-bond donors (Lipinski definition) is 1. The van der Waals surface area contributed by atoms with E-state index in [4.69, 9.17) is 34.8 Å². The van der Waals surface area contributed by atoms with Gasteiger partial charge in [-0.05, 0) is 42.5 Å². The summed E-state index contributed by atoms with van der Waals surface area (Å²) in [5.74, 6) is -0.647. The molecule has 0 radical (unpaired) electrons. The van der Waals surface area contributed by atoms with Gasteiger partial charge >= 0.3 is 0 Å². The van der Waals surface area contributed by atoms with Crippen LogP contribution in [0.1, 0.15) is 11.1 Å². The Morgan fingerprint density at radius 2 is 1.72 bits per heavy atom. The molecular formula is C21H17Cl3N4O3S. The molecule has 0 unspecified atom stereocenters. The van der Waals surface area contributed by atoms with Gasteiger partial charge in [-0.3, -0.25) is 9.78 Å². The van der Waals surface area contributed by atoms with E-state index in [1.165, 1.54) is 30.5 Å². The van der Waals surface area contributed by atoms with E-state index in [1.807, 2.05) is 0 Å². The maximum absolute atomic E-state index is 13.3. The van der Waals surface area contributed by atoms with Gasteiger partial charge < -0.3 is 0 Å². The van der Waals surface area contributed by atoms with E-state index >= 15 is 0 Å². The molecule has 0 aliphatic heterocycles. The molecule has 7 nitrogen and oxygen atoms in total. The van der Waals surface area contributed by atoms with Crippen molar-refractivity contribution in [2.75, 3.05) is 6.54 Å². The summed E-state index contributed by atoms with van der Waals surface area (Å²) in [6, 6.07) is 13.9. The summed E-state index contributed by atoms with van der Waals surface area (Å²) in [5.41, 5.74) is 3.36. The Hall–Kier alpha value is -2.49. The summed E-state index contributed by atoms with van der Waals surface area (Å²) in [6.45, 7) is -0.736. The zero-order valence-electron chi connectivity index (χ0n) is 16.5. The number of carbonyl (C=O) groups excluding carboxylic acids is 1. The van der Waals surface area contributed by atoms with Crippen LogP contribution in [0.2, 0.25) is 15.1 Å². The fraction of sp³-hybridized carbons (Fsp3) is 0.0952. The van der Waals surface area contributed by atoms with Gasteiger partial charge in [0, 0.05) is 45.1 Å². The SMILES string of the molecule is O=C(CN(Cc1c(Cl)cccc1Cl)S(=O)(=O)c1ccc(Cl)cc1)NN=Cc1cccnc1. The van der Waals surface area contributed by atoms with Crippen LogP contribution in [-0.4, -0.2) is 36.4 Å². The number of hydrazone groups is 1. The van der Waals surface area contributed by atoms with E-state index in [-0.39, 0.29) is 21.5 Å². The first kappa shape index (κ1) is 24.2. The second-order valence-corrected chi connectivity index (χ2v) is 9.70. The number of halogens is 3. The van der Waals surface area contributed by atoms with Gasteiger partial charge in [-0.15, -0.1) is 0 Å². The van der Waals surface area contributed by atoms with Crippen LogP contribution < -0.4 is 5.43 Å². The molecule has 166 valence electrons. The van der Waals surface area contributed by atoms with Crippen molar-refractivity contribution >= 4 is 56.9 Å². The molecular weight excluding hydrogens is 495 g/mol. The molecule has 2 aromatic carbocycles. The maximum atomic E-state index is 13.3. The van der Waals surface area contributed by atoms with Gasteiger partial charge in [-0.2, -0.15) is 9.41 Å². The van der Waals surface area contributed by atoms with Crippen LogP contribution in [0.5, 0.6) is 0 Å². The molecule has 1 heterocycles. The number of benzene rings is 2. The zero-order chi connectivity index (χ0) is 23.1. The van der Waals surface area contributed by atoms with Gasteiger partial charge in [-0.1, -0.05) is 46.9 Å². The number of sulfonamides is 1. The lowest BCUT2D eigenvalue weighted by Gasteiger charge is -2.22. The number of pyridine rings is 1. The van der Waals surface area contributed by atoms with Gasteiger partial charge in [0.05, 0.1) is 17.7 Å². The highest BCUT2D eigenvalue weighted by molar-refractivity contribution is 7.89. The largest absolute Gasteiger partial charge is 0.272 e. The van der Waals surface area contributed by atoms with E-state index in [0.29, 0.717) is 16.1 Å². The summed E-state index contributed by atoms with van der Waals surface area (Å²) < 4.78 is 27.5. The lowest BCUT2D eigenvalue weighted by molar-refractivity contribution is -0.121. The average Bonchev–Trinajstić information content (AvgIpc) is 2.76. The number of rotatable bonds is 8. The minimum Gasteiger partial charge on any atom is -0.272 e. The molecule has 0 fully saturated rings. The second-order valence-electron chi connectivity index (χ2n) is 6.51. The second kappa shape index (κ2) is 10.9. The number of aromatic nitrogens is 1. The molecule has 0 spiro atoms. The van der Waals surface area contributed by atoms with E-state index in [0.717, 1.165) is 4.31 Å². The topological polar surface area (TPSA) is 91.7 Å². The number of nitrogens with one attached hydrogen (secondary N) is 1. The fourth-order valence-electron chi connectivity index (χ4n) is 2.67. The highest BCUT2D eigenvalue weighted by atomic mass is 35.5. The van der Waals surface area contributed by atoms with Crippen LogP contribution in [0, 0.1) is 0 Å². The Balaban J connectivity index is 1.85. The van der Waals surface area contributed by atoms with Crippen LogP contribution in [-0.2, 0) is 21.4 Å². The molecule has 0 bridgehead atoms. The Labute approximate surface area is 200 Å². The third-order valence-electron chi connectivity index (χ3n) is 4.25. The lowest BCUT2D eigenvalue weighted by atomic mass is 10.2. The molecule has 11 heteroatoms. The fourth-order valence-corrected chi connectivity index (χ4v) is 4.68. The first-order chi connectivity index (χ1) is 15.3. The number of nitrogens with zero attached hydrogens (tertiary/aromatic N) is 3. The van der Waals surface area contributed by atoms with E-state index in [2.05, 4.69) is 15.5 Å². The first-order valence-electron chi connectivity index (χ1n) is 9.18. The molecule has 3 aromatic rings. The Kier molecular flexibility index (Phi) is 8.22. The minimum absolute atomic E-state index is 0.0308. The smallest absolute Gasteiger partial charge is 0.255 e. The van der Waals surface area contributed by atoms with Gasteiger partial charge in [0.15, 0.2) is 0 Å². The summed E-state index contributed by atoms with van der Waals surface area (Å²) >= 11 is 18.3. The van der Waals surface area contributed by atoms with Crippen molar-refractivity contribution in [3.05, 3.63) is 93.2 Å². The van der Waals surface area contributed by atoms with Crippen molar-refractivity contribution in [1.29, 1.82) is 0 Å². The monoisotopic (exact) mass is 510 g/mol. The minimum atomic E-state index is -4.09. The standard InChI is InChI=1S/C21H17Cl3N4O3S/c22-16-6-8-17(9-7-16)32(30,31)28(13-18-19(23)4-1-5-20(18)24)14-21(29)27-26-12-15-3-2-10-25-11-15/h1-12H,13-14H2,(H,27,29). The molecule has 1 aromatic heterocycles. The van der Waals surface area contributed by atoms with Crippen molar-refractivity contribution in [2.45, 2.75) is 11.4 Å². The lowest BCUT2D eigenvalue weighted by Crippen LogP contribution is -2.39. The Morgan fingerprint density at radius 1 is 1.03 bits per heavy atom. The molecule has 0 saturated carbocycles. The molecule has 1 amide bonds. The van der Waals surface area contributed by atoms with Crippen molar-refractivity contribution in [3.8, 4) is 0 Å². The zero-order valence-corrected chi connectivity index (χ0v) is 19.5. The number of carbonyl (C=O) groups is 1. The summed E-state index contributed by atoms with van der Waals surface area (Å²) in [6.07, 6.45) is 4.56. The van der Waals surface area contributed by atoms with Crippen molar-refractivity contribution in [3.63, 3.8) is 0 Å². The molecule has 0 aliphatic rings.